The van der Waals surface area contributed by atoms with Crippen LogP contribution >= 0.6 is 0 Å². The molecule has 0 fully saturated rings. The molecule has 0 amide bonds. The van der Waals surface area contributed by atoms with Gasteiger partial charge in [-0.1, -0.05) is 54.6 Å². The summed E-state index contributed by atoms with van der Waals surface area (Å²) in [6.07, 6.45) is 2.37. The van der Waals surface area contributed by atoms with Crippen LogP contribution in [0.5, 0.6) is 5.75 Å². The van der Waals surface area contributed by atoms with Gasteiger partial charge in [0.1, 0.15) is 11.4 Å². The molecule has 0 radical (unpaired) electrons. The van der Waals surface area contributed by atoms with Crippen LogP contribution in [0.1, 0.15) is 11.1 Å². The van der Waals surface area contributed by atoms with E-state index in [-0.39, 0.29) is 11.4 Å². The van der Waals surface area contributed by atoms with Crippen LogP contribution in [0.4, 0.5) is 5.69 Å². The highest BCUT2D eigenvalue weighted by atomic mass is 16.3. The Morgan fingerprint density at radius 1 is 0.742 bits per heavy atom. The third-order valence-corrected chi connectivity index (χ3v) is 5.69. The standard InChI is InChI=1S/C27H20N2O2/c30-27-11-9-23(29-31)15-22(27)17-28-13-12-18-6-3-7-25-24(18)10-8-21-14-19-4-1-2-5-20(19)16-26(21)25/h1-11,14-17,30H,12-13H2. The minimum absolute atomic E-state index is 0.0833. The molecule has 0 saturated carbocycles. The number of nitroso groups, excluding NO2 is 1. The van der Waals surface area contributed by atoms with E-state index in [1.165, 1.54) is 56.1 Å². The van der Waals surface area contributed by atoms with Gasteiger partial charge in [0, 0.05) is 18.3 Å². The number of phenolic OH excluding ortho intramolecular Hbond substituents is 1. The van der Waals surface area contributed by atoms with Crippen LogP contribution in [-0.4, -0.2) is 17.9 Å². The number of aliphatic imine (C=N–C) groups is 1. The SMILES string of the molecule is O=Nc1ccc(O)c(C=NCCc2cccc3c2ccc2cc4ccccc4cc23)c1. The lowest BCUT2D eigenvalue weighted by Gasteiger charge is -2.10. The van der Waals surface area contributed by atoms with Crippen molar-refractivity contribution in [1.82, 2.24) is 0 Å². The van der Waals surface area contributed by atoms with Crippen molar-refractivity contribution in [2.75, 3.05) is 6.54 Å². The van der Waals surface area contributed by atoms with Crippen LogP contribution < -0.4 is 0 Å². The number of nitrogens with zero attached hydrogens (tertiary/aromatic N) is 2. The van der Waals surface area contributed by atoms with Gasteiger partial charge in [0.05, 0.1) is 0 Å². The molecule has 0 unspecified atom stereocenters. The average molecular weight is 404 g/mol. The minimum atomic E-state index is 0.0833. The normalized spacial score (nSPS) is 11.6. The molecule has 5 aromatic carbocycles. The first kappa shape index (κ1) is 18.9. The number of hydrogen-bond donors (Lipinski definition) is 1. The Balaban J connectivity index is 1.46. The Morgan fingerprint density at radius 2 is 1.58 bits per heavy atom. The Labute approximate surface area is 179 Å². The van der Waals surface area contributed by atoms with Crippen molar-refractivity contribution in [3.63, 3.8) is 0 Å². The average Bonchev–Trinajstić information content (AvgIpc) is 2.81. The molecule has 5 aromatic rings. The Hall–Kier alpha value is -4.05. The fourth-order valence-electron chi connectivity index (χ4n) is 4.11. The molecular weight excluding hydrogens is 384 g/mol. The number of rotatable bonds is 5. The van der Waals surface area contributed by atoms with E-state index in [2.05, 4.69) is 76.9 Å². The molecule has 0 atom stereocenters. The number of hydrogen-bond acceptors (Lipinski definition) is 4. The molecule has 0 heterocycles. The van der Waals surface area contributed by atoms with Crippen LogP contribution in [0.2, 0.25) is 0 Å². The molecule has 1 N–H and O–H groups in total. The predicted octanol–water partition coefficient (Wildman–Crippen LogP) is 6.91. The maximum absolute atomic E-state index is 10.7. The van der Waals surface area contributed by atoms with Crippen molar-refractivity contribution in [2.24, 2.45) is 10.2 Å². The zero-order valence-electron chi connectivity index (χ0n) is 16.8. The number of benzene rings is 5. The lowest BCUT2D eigenvalue weighted by Crippen LogP contribution is -1.93. The topological polar surface area (TPSA) is 62.0 Å². The van der Waals surface area contributed by atoms with Crippen LogP contribution in [0.15, 0.2) is 95.1 Å². The number of phenols is 1. The van der Waals surface area contributed by atoms with E-state index in [0.717, 1.165) is 6.42 Å². The Morgan fingerprint density at radius 3 is 2.42 bits per heavy atom. The van der Waals surface area contributed by atoms with E-state index in [0.29, 0.717) is 12.1 Å². The summed E-state index contributed by atoms with van der Waals surface area (Å²) in [6, 6.07) is 28.2. The van der Waals surface area contributed by atoms with E-state index in [1.807, 2.05) is 0 Å². The summed E-state index contributed by atoms with van der Waals surface area (Å²) in [6.45, 7) is 0.576. The second kappa shape index (κ2) is 8.00. The Bertz CT molecular complexity index is 1470. The summed E-state index contributed by atoms with van der Waals surface area (Å²) in [5.41, 5.74) is 2.00. The molecule has 0 saturated heterocycles. The van der Waals surface area contributed by atoms with Crippen LogP contribution in [0, 0.1) is 4.91 Å². The first-order valence-electron chi connectivity index (χ1n) is 10.2. The molecule has 0 spiro atoms. The van der Waals surface area contributed by atoms with Crippen LogP contribution in [-0.2, 0) is 6.42 Å². The molecule has 5 rings (SSSR count). The van der Waals surface area contributed by atoms with E-state index in [4.69, 9.17) is 0 Å². The summed E-state index contributed by atoms with van der Waals surface area (Å²) < 4.78 is 0. The monoisotopic (exact) mass is 404 g/mol. The molecule has 0 bridgehead atoms. The van der Waals surface area contributed by atoms with Crippen molar-refractivity contribution in [3.05, 3.63) is 101 Å². The molecule has 0 aromatic heterocycles. The lowest BCUT2D eigenvalue weighted by molar-refractivity contribution is 0.474. The van der Waals surface area contributed by atoms with Gasteiger partial charge in [0.15, 0.2) is 0 Å². The summed E-state index contributed by atoms with van der Waals surface area (Å²) in [5, 5.41) is 20.3. The Kier molecular flexibility index (Phi) is 4.89. The van der Waals surface area contributed by atoms with E-state index in [9.17, 15) is 10.0 Å². The van der Waals surface area contributed by atoms with E-state index in [1.54, 1.807) is 6.21 Å². The van der Waals surface area contributed by atoms with Crippen LogP contribution in [0.25, 0.3) is 32.3 Å². The fourth-order valence-corrected chi connectivity index (χ4v) is 4.11. The van der Waals surface area contributed by atoms with Gasteiger partial charge >= 0.3 is 0 Å². The molecule has 31 heavy (non-hydrogen) atoms. The lowest BCUT2D eigenvalue weighted by atomic mass is 9.95. The second-order valence-corrected chi connectivity index (χ2v) is 7.62. The maximum Gasteiger partial charge on any atom is 0.124 e. The molecule has 4 heteroatoms. The smallest absolute Gasteiger partial charge is 0.124 e. The highest BCUT2D eigenvalue weighted by Crippen LogP contribution is 2.31. The highest BCUT2D eigenvalue weighted by Gasteiger charge is 2.06. The third-order valence-electron chi connectivity index (χ3n) is 5.69. The largest absolute Gasteiger partial charge is 0.507 e. The summed E-state index contributed by atoms with van der Waals surface area (Å²) >= 11 is 0. The van der Waals surface area contributed by atoms with Gasteiger partial charge in [-0.2, -0.15) is 0 Å². The second-order valence-electron chi connectivity index (χ2n) is 7.62. The van der Waals surface area contributed by atoms with Crippen molar-refractivity contribution < 1.29 is 5.11 Å². The molecular formula is C27H20N2O2. The van der Waals surface area contributed by atoms with E-state index >= 15 is 0 Å². The highest BCUT2D eigenvalue weighted by molar-refractivity contribution is 6.12. The predicted molar refractivity (Wildman–Crippen MR) is 129 cm³/mol. The molecule has 0 aliphatic carbocycles. The van der Waals surface area contributed by atoms with Gasteiger partial charge in [0.25, 0.3) is 0 Å². The van der Waals surface area contributed by atoms with Gasteiger partial charge in [-0.3, -0.25) is 4.99 Å². The van der Waals surface area contributed by atoms with Crippen molar-refractivity contribution in [3.8, 4) is 5.75 Å². The summed E-state index contributed by atoms with van der Waals surface area (Å²) in [5.74, 6) is 0.0833. The van der Waals surface area contributed by atoms with Crippen molar-refractivity contribution in [1.29, 1.82) is 0 Å². The van der Waals surface area contributed by atoms with Gasteiger partial charge in [-0.05, 0) is 79.8 Å². The zero-order chi connectivity index (χ0) is 21.2. The first-order chi connectivity index (χ1) is 15.2. The summed E-state index contributed by atoms with van der Waals surface area (Å²) in [4.78, 5) is 15.2. The maximum atomic E-state index is 10.7. The quantitative estimate of drug-likeness (QED) is 0.150. The van der Waals surface area contributed by atoms with Crippen molar-refractivity contribution in [2.45, 2.75) is 6.42 Å². The van der Waals surface area contributed by atoms with Crippen LogP contribution in [0.3, 0.4) is 0 Å². The van der Waals surface area contributed by atoms with E-state index < -0.39 is 0 Å². The van der Waals surface area contributed by atoms with Gasteiger partial charge < -0.3 is 5.11 Å². The van der Waals surface area contributed by atoms with Gasteiger partial charge in [-0.15, -0.1) is 4.91 Å². The van der Waals surface area contributed by atoms with Crippen molar-refractivity contribution >= 4 is 44.2 Å². The first-order valence-corrected chi connectivity index (χ1v) is 10.2. The zero-order valence-corrected chi connectivity index (χ0v) is 16.8. The van der Waals surface area contributed by atoms with Gasteiger partial charge in [0.2, 0.25) is 0 Å². The van der Waals surface area contributed by atoms with Gasteiger partial charge in [-0.25, -0.2) is 0 Å². The third kappa shape index (κ3) is 3.64. The summed E-state index contributed by atoms with van der Waals surface area (Å²) in [7, 11) is 0. The number of aromatic hydroxyl groups is 1. The fraction of sp³-hybridized carbons (Fsp3) is 0.0741. The molecule has 150 valence electrons. The number of fused-ring (bicyclic) bond motifs is 4. The molecule has 0 aliphatic rings. The molecule has 4 nitrogen and oxygen atoms in total. The minimum Gasteiger partial charge on any atom is -0.507 e. The molecule has 0 aliphatic heterocycles.